The smallest absolute Gasteiger partial charge is 0.237 e. The molecule has 5 nitrogen and oxygen atoms in total. The van der Waals surface area contributed by atoms with Crippen LogP contribution in [0.25, 0.3) is 32.4 Å². The van der Waals surface area contributed by atoms with Crippen molar-refractivity contribution in [1.82, 2.24) is 9.55 Å². The van der Waals surface area contributed by atoms with Crippen LogP contribution in [0.15, 0.2) is 52.8 Å². The normalized spacial score (nSPS) is 11.2. The molecule has 2 aromatic carbocycles. The fourth-order valence-electron chi connectivity index (χ4n) is 2.97. The molecule has 1 amide bonds. The van der Waals surface area contributed by atoms with Crippen LogP contribution in [-0.4, -0.2) is 15.5 Å². The summed E-state index contributed by atoms with van der Waals surface area (Å²) in [4.78, 5) is 28.6. The SMILES string of the molecule is NC(=O)Cn1c2ccc(F)cc2c(=O)c2ccc(-c3nccs3)cc21. The minimum atomic E-state index is -0.546. The number of nitrogens with zero attached hydrogens (tertiary/aromatic N) is 2. The van der Waals surface area contributed by atoms with Crippen molar-refractivity contribution in [1.29, 1.82) is 0 Å². The summed E-state index contributed by atoms with van der Waals surface area (Å²) < 4.78 is 15.3. The van der Waals surface area contributed by atoms with Gasteiger partial charge in [-0.05, 0) is 30.3 Å². The Morgan fingerprint density at radius 2 is 2.00 bits per heavy atom. The number of thiazole rings is 1. The molecule has 0 aliphatic heterocycles. The van der Waals surface area contributed by atoms with Crippen LogP contribution in [0.2, 0.25) is 0 Å². The quantitative estimate of drug-likeness (QED) is 0.575. The van der Waals surface area contributed by atoms with E-state index >= 15 is 0 Å². The van der Waals surface area contributed by atoms with Crippen LogP contribution in [0.4, 0.5) is 4.39 Å². The number of hydrogen-bond donors (Lipinski definition) is 1. The van der Waals surface area contributed by atoms with Crippen LogP contribution in [0.3, 0.4) is 0 Å². The third-order valence-electron chi connectivity index (χ3n) is 4.02. The van der Waals surface area contributed by atoms with E-state index < -0.39 is 11.7 Å². The molecule has 0 spiro atoms. The van der Waals surface area contributed by atoms with E-state index in [0.717, 1.165) is 10.6 Å². The second-order valence-corrected chi connectivity index (χ2v) is 6.51. The van der Waals surface area contributed by atoms with Crippen LogP contribution in [-0.2, 0) is 11.3 Å². The highest BCUT2D eigenvalue weighted by Crippen LogP contribution is 2.27. The number of carbonyl (C=O) groups is 1. The number of benzene rings is 2. The van der Waals surface area contributed by atoms with Crippen molar-refractivity contribution in [2.24, 2.45) is 5.73 Å². The molecule has 4 aromatic rings. The average Bonchev–Trinajstić information content (AvgIpc) is 3.12. The number of aromatic nitrogens is 2. The lowest BCUT2D eigenvalue weighted by molar-refractivity contribution is -0.118. The fraction of sp³-hybridized carbons (Fsp3) is 0.0556. The summed E-state index contributed by atoms with van der Waals surface area (Å²) in [7, 11) is 0. The molecule has 0 atom stereocenters. The lowest BCUT2D eigenvalue weighted by Crippen LogP contribution is -2.21. The van der Waals surface area contributed by atoms with E-state index in [2.05, 4.69) is 4.98 Å². The molecule has 0 fully saturated rings. The highest BCUT2D eigenvalue weighted by atomic mass is 32.1. The van der Waals surface area contributed by atoms with Crippen molar-refractivity contribution in [2.45, 2.75) is 6.54 Å². The second kappa shape index (κ2) is 5.78. The summed E-state index contributed by atoms with van der Waals surface area (Å²) in [5, 5.41) is 3.29. The van der Waals surface area contributed by atoms with E-state index in [0.29, 0.717) is 16.4 Å². The topological polar surface area (TPSA) is 78.0 Å². The Labute approximate surface area is 145 Å². The minimum absolute atomic E-state index is 0.111. The van der Waals surface area contributed by atoms with Crippen molar-refractivity contribution in [3.63, 3.8) is 0 Å². The summed E-state index contributed by atoms with van der Waals surface area (Å²) in [6.45, 7) is -0.111. The molecule has 124 valence electrons. The summed E-state index contributed by atoms with van der Waals surface area (Å²) in [5.41, 5.74) is 6.97. The Bertz CT molecular complexity index is 1180. The first-order valence-corrected chi connectivity index (χ1v) is 8.36. The number of amides is 1. The highest BCUT2D eigenvalue weighted by molar-refractivity contribution is 7.13. The molecule has 0 saturated carbocycles. The summed E-state index contributed by atoms with van der Waals surface area (Å²) in [6, 6.07) is 9.21. The van der Waals surface area contributed by atoms with Gasteiger partial charge < -0.3 is 10.3 Å². The maximum absolute atomic E-state index is 13.6. The van der Waals surface area contributed by atoms with Gasteiger partial charge in [0.1, 0.15) is 17.4 Å². The van der Waals surface area contributed by atoms with Gasteiger partial charge in [-0.25, -0.2) is 9.37 Å². The van der Waals surface area contributed by atoms with Crippen LogP contribution in [0, 0.1) is 5.82 Å². The van der Waals surface area contributed by atoms with Gasteiger partial charge in [0.15, 0.2) is 5.43 Å². The Balaban J connectivity index is 2.14. The Morgan fingerprint density at radius 3 is 2.72 bits per heavy atom. The van der Waals surface area contributed by atoms with Crippen molar-refractivity contribution in [2.75, 3.05) is 0 Å². The van der Waals surface area contributed by atoms with Gasteiger partial charge in [-0.15, -0.1) is 11.3 Å². The molecule has 4 rings (SSSR count). The first-order chi connectivity index (χ1) is 12.0. The van der Waals surface area contributed by atoms with Crippen LogP contribution < -0.4 is 11.2 Å². The molecule has 0 bridgehead atoms. The first kappa shape index (κ1) is 15.5. The third-order valence-corrected chi connectivity index (χ3v) is 4.84. The number of nitrogens with two attached hydrogens (primary N) is 1. The number of pyridine rings is 1. The van der Waals surface area contributed by atoms with Crippen molar-refractivity contribution < 1.29 is 9.18 Å². The number of carbonyl (C=O) groups excluding carboxylic acids is 1. The Kier molecular flexibility index (Phi) is 3.58. The van der Waals surface area contributed by atoms with Gasteiger partial charge in [0.2, 0.25) is 5.91 Å². The van der Waals surface area contributed by atoms with Crippen molar-refractivity contribution in [3.8, 4) is 10.6 Å². The zero-order valence-electron chi connectivity index (χ0n) is 12.9. The number of rotatable bonds is 3. The van der Waals surface area contributed by atoms with E-state index in [-0.39, 0.29) is 17.4 Å². The predicted molar refractivity (Wildman–Crippen MR) is 96.0 cm³/mol. The lowest BCUT2D eigenvalue weighted by atomic mass is 10.1. The van der Waals surface area contributed by atoms with Crippen LogP contribution in [0.1, 0.15) is 0 Å². The molecular formula is C18H12FN3O2S. The number of hydrogen-bond acceptors (Lipinski definition) is 4. The molecule has 7 heteroatoms. The third kappa shape index (κ3) is 2.58. The van der Waals surface area contributed by atoms with Crippen LogP contribution >= 0.6 is 11.3 Å². The number of primary amides is 1. The second-order valence-electron chi connectivity index (χ2n) is 5.61. The van der Waals surface area contributed by atoms with Gasteiger partial charge in [-0.3, -0.25) is 9.59 Å². The zero-order chi connectivity index (χ0) is 17.6. The predicted octanol–water partition coefficient (Wildman–Crippen LogP) is 2.90. The van der Waals surface area contributed by atoms with Gasteiger partial charge in [0.05, 0.1) is 11.0 Å². The monoisotopic (exact) mass is 353 g/mol. The number of halogens is 1. The lowest BCUT2D eigenvalue weighted by Gasteiger charge is -2.14. The first-order valence-electron chi connectivity index (χ1n) is 7.48. The molecular weight excluding hydrogens is 341 g/mol. The summed E-state index contributed by atoms with van der Waals surface area (Å²) >= 11 is 1.47. The molecule has 0 radical (unpaired) electrons. The molecule has 2 aromatic heterocycles. The minimum Gasteiger partial charge on any atom is -0.368 e. The van der Waals surface area contributed by atoms with E-state index in [4.69, 9.17) is 5.73 Å². The zero-order valence-corrected chi connectivity index (χ0v) is 13.7. The van der Waals surface area contributed by atoms with E-state index in [1.165, 1.54) is 29.5 Å². The summed E-state index contributed by atoms with van der Waals surface area (Å²) in [6.07, 6.45) is 1.70. The van der Waals surface area contributed by atoms with Gasteiger partial charge in [-0.2, -0.15) is 0 Å². The summed E-state index contributed by atoms with van der Waals surface area (Å²) in [5.74, 6) is -1.05. The van der Waals surface area contributed by atoms with E-state index in [1.54, 1.807) is 29.0 Å². The Morgan fingerprint density at radius 1 is 1.16 bits per heavy atom. The Hall–Kier alpha value is -3.06. The van der Waals surface area contributed by atoms with Gasteiger partial charge >= 0.3 is 0 Å². The number of fused-ring (bicyclic) bond motifs is 2. The highest BCUT2D eigenvalue weighted by Gasteiger charge is 2.14. The van der Waals surface area contributed by atoms with Crippen LogP contribution in [0.5, 0.6) is 0 Å². The van der Waals surface area contributed by atoms with Crippen molar-refractivity contribution >= 4 is 39.0 Å². The van der Waals surface area contributed by atoms with E-state index in [1.807, 2.05) is 5.38 Å². The van der Waals surface area contributed by atoms with Crippen molar-refractivity contribution in [3.05, 3.63) is 64.0 Å². The molecule has 2 heterocycles. The molecule has 0 aliphatic carbocycles. The molecule has 25 heavy (non-hydrogen) atoms. The fourth-order valence-corrected chi connectivity index (χ4v) is 3.61. The maximum atomic E-state index is 13.6. The molecule has 0 saturated heterocycles. The van der Waals surface area contributed by atoms with Gasteiger partial charge in [0, 0.05) is 27.9 Å². The molecule has 2 N–H and O–H groups in total. The van der Waals surface area contributed by atoms with Gasteiger partial charge in [-0.1, -0.05) is 6.07 Å². The standard InChI is InChI=1S/C18H12FN3O2S/c19-11-2-4-14-13(8-11)17(24)12-3-1-10(18-21-5-6-25-18)7-15(12)22(14)9-16(20)23/h1-8H,9H2,(H2,20,23). The van der Waals surface area contributed by atoms with E-state index in [9.17, 15) is 14.0 Å². The molecule has 0 aliphatic rings. The molecule has 0 unspecified atom stereocenters. The average molecular weight is 353 g/mol. The van der Waals surface area contributed by atoms with Gasteiger partial charge in [0.25, 0.3) is 0 Å². The maximum Gasteiger partial charge on any atom is 0.237 e. The largest absolute Gasteiger partial charge is 0.368 e.